The molecular weight excluding hydrogens is 290 g/mol. The lowest BCUT2D eigenvalue weighted by atomic mass is 10.2. The van der Waals surface area contributed by atoms with Crippen LogP contribution in [0.15, 0.2) is 42.2 Å². The maximum atomic E-state index is 9.27. The van der Waals surface area contributed by atoms with Crippen molar-refractivity contribution in [2.24, 2.45) is 0 Å². The number of nitrogens with zero attached hydrogens (tertiary/aromatic N) is 2. The third-order valence-electron chi connectivity index (χ3n) is 2.82. The van der Waals surface area contributed by atoms with Gasteiger partial charge in [-0.05, 0) is 17.5 Å². The molecule has 0 aromatic carbocycles. The van der Waals surface area contributed by atoms with Crippen molar-refractivity contribution in [3.8, 4) is 9.88 Å². The van der Waals surface area contributed by atoms with Crippen LogP contribution in [0.2, 0.25) is 0 Å². The molecule has 4 nitrogen and oxygen atoms in total. The van der Waals surface area contributed by atoms with Crippen LogP contribution >= 0.6 is 22.7 Å². The Morgan fingerprint density at radius 1 is 1.25 bits per heavy atom. The van der Waals surface area contributed by atoms with Gasteiger partial charge in [-0.2, -0.15) is 0 Å². The smallest absolute Gasteiger partial charge is 0.133 e. The predicted molar refractivity (Wildman–Crippen MR) is 82.9 cm³/mol. The fraction of sp³-hybridized carbons (Fsp3) is 0.143. The minimum atomic E-state index is 0.00793. The highest BCUT2D eigenvalue weighted by atomic mass is 32.1. The van der Waals surface area contributed by atoms with E-state index in [9.17, 15) is 5.11 Å². The second-order valence-electron chi connectivity index (χ2n) is 4.15. The molecule has 0 fully saturated rings. The van der Waals surface area contributed by atoms with E-state index in [1.807, 2.05) is 18.3 Å². The highest BCUT2D eigenvalue weighted by Crippen LogP contribution is 2.29. The van der Waals surface area contributed by atoms with Crippen molar-refractivity contribution in [3.63, 3.8) is 0 Å². The number of hydrogen-bond donors (Lipinski definition) is 2. The quantitative estimate of drug-likeness (QED) is 0.758. The Kier molecular flexibility index (Phi) is 4.05. The van der Waals surface area contributed by atoms with Crippen molar-refractivity contribution in [1.82, 2.24) is 9.97 Å². The molecule has 0 saturated heterocycles. The third-order valence-corrected chi connectivity index (χ3v) is 4.86. The van der Waals surface area contributed by atoms with Gasteiger partial charge in [-0.15, -0.1) is 22.7 Å². The van der Waals surface area contributed by atoms with E-state index in [2.05, 4.69) is 26.7 Å². The summed E-state index contributed by atoms with van der Waals surface area (Å²) in [4.78, 5) is 10.9. The molecule has 0 amide bonds. The zero-order valence-corrected chi connectivity index (χ0v) is 12.2. The van der Waals surface area contributed by atoms with E-state index in [4.69, 9.17) is 0 Å². The highest BCUT2D eigenvalue weighted by Gasteiger charge is 2.06. The Morgan fingerprint density at radius 3 is 3.00 bits per heavy atom. The van der Waals surface area contributed by atoms with Crippen molar-refractivity contribution >= 4 is 28.4 Å². The molecule has 2 N–H and O–H groups in total. The molecule has 3 heterocycles. The first-order chi connectivity index (χ1) is 9.86. The summed E-state index contributed by atoms with van der Waals surface area (Å²) in [5, 5.41) is 15.7. The number of aliphatic hydroxyl groups is 1. The molecule has 0 aliphatic carbocycles. The van der Waals surface area contributed by atoms with Crippen LogP contribution in [0.1, 0.15) is 10.4 Å². The second-order valence-corrected chi connectivity index (χ2v) is 6.22. The van der Waals surface area contributed by atoms with Gasteiger partial charge in [-0.1, -0.05) is 6.07 Å². The zero-order valence-electron chi connectivity index (χ0n) is 10.6. The van der Waals surface area contributed by atoms with Crippen LogP contribution in [0, 0.1) is 0 Å². The van der Waals surface area contributed by atoms with Crippen LogP contribution in [0.3, 0.4) is 0 Å². The number of anilines is 1. The summed E-state index contributed by atoms with van der Waals surface area (Å²) in [7, 11) is 0. The summed E-state index contributed by atoms with van der Waals surface area (Å²) in [5.74, 6) is 0. The molecule has 3 rings (SSSR count). The van der Waals surface area contributed by atoms with Crippen LogP contribution in [0.25, 0.3) is 9.88 Å². The van der Waals surface area contributed by atoms with Gasteiger partial charge >= 0.3 is 0 Å². The molecule has 3 aromatic rings. The number of rotatable bonds is 5. The number of thiazole rings is 1. The standard InChI is InChI=1S/C14H13N3OS2/c18-9-10-3-4-15-8-12(10)16-6-11-7-17-14(20-11)13-2-1-5-19-13/h1-5,7-8,16,18H,6,9H2. The zero-order chi connectivity index (χ0) is 13.8. The topological polar surface area (TPSA) is 58.0 Å². The molecule has 0 atom stereocenters. The van der Waals surface area contributed by atoms with Gasteiger partial charge in [0.1, 0.15) is 5.01 Å². The van der Waals surface area contributed by atoms with Gasteiger partial charge in [0.2, 0.25) is 0 Å². The minimum absolute atomic E-state index is 0.00793. The summed E-state index contributed by atoms with van der Waals surface area (Å²) in [5.41, 5.74) is 1.71. The Labute approximate surface area is 124 Å². The molecule has 6 heteroatoms. The second kappa shape index (κ2) is 6.13. The summed E-state index contributed by atoms with van der Waals surface area (Å²) >= 11 is 3.37. The van der Waals surface area contributed by atoms with E-state index in [0.29, 0.717) is 6.54 Å². The number of aromatic nitrogens is 2. The van der Waals surface area contributed by atoms with Crippen molar-refractivity contribution in [2.75, 3.05) is 5.32 Å². The fourth-order valence-corrected chi connectivity index (χ4v) is 3.46. The molecule has 0 saturated carbocycles. The lowest BCUT2D eigenvalue weighted by Gasteiger charge is -2.08. The van der Waals surface area contributed by atoms with Crippen LogP contribution in [0.4, 0.5) is 5.69 Å². The molecule has 3 aromatic heterocycles. The normalized spacial score (nSPS) is 10.7. The molecule has 0 unspecified atom stereocenters. The Morgan fingerprint density at radius 2 is 2.20 bits per heavy atom. The monoisotopic (exact) mass is 303 g/mol. The molecule has 0 radical (unpaired) electrons. The molecule has 0 aliphatic rings. The SMILES string of the molecule is OCc1ccncc1NCc1cnc(-c2cccs2)s1. The first-order valence-electron chi connectivity index (χ1n) is 6.13. The van der Waals surface area contributed by atoms with Crippen molar-refractivity contribution in [3.05, 3.63) is 52.6 Å². The van der Waals surface area contributed by atoms with Gasteiger partial charge < -0.3 is 10.4 Å². The van der Waals surface area contributed by atoms with Crippen LogP contribution in [-0.2, 0) is 13.2 Å². The predicted octanol–water partition coefficient (Wildman–Crippen LogP) is 3.37. The average molecular weight is 303 g/mol. The van der Waals surface area contributed by atoms with E-state index < -0.39 is 0 Å². The molecule has 20 heavy (non-hydrogen) atoms. The lowest BCUT2D eigenvalue weighted by Crippen LogP contribution is -2.01. The van der Waals surface area contributed by atoms with E-state index in [1.165, 1.54) is 4.88 Å². The van der Waals surface area contributed by atoms with Gasteiger partial charge in [-0.25, -0.2) is 4.98 Å². The summed E-state index contributed by atoms with van der Waals surface area (Å²) in [6.45, 7) is 0.690. The third kappa shape index (κ3) is 2.87. The Bertz CT molecular complexity index is 679. The summed E-state index contributed by atoms with van der Waals surface area (Å²) in [6, 6.07) is 5.92. The van der Waals surface area contributed by atoms with Crippen LogP contribution < -0.4 is 5.32 Å². The summed E-state index contributed by atoms with van der Waals surface area (Å²) < 4.78 is 0. The maximum absolute atomic E-state index is 9.27. The molecule has 0 spiro atoms. The van der Waals surface area contributed by atoms with Gasteiger partial charge in [0.15, 0.2) is 0 Å². The van der Waals surface area contributed by atoms with Gasteiger partial charge in [0.05, 0.1) is 29.9 Å². The van der Waals surface area contributed by atoms with E-state index in [0.717, 1.165) is 21.1 Å². The fourth-order valence-electron chi connectivity index (χ4n) is 1.81. The minimum Gasteiger partial charge on any atom is -0.392 e. The van der Waals surface area contributed by atoms with E-state index in [-0.39, 0.29) is 6.61 Å². The number of hydrogen-bond acceptors (Lipinski definition) is 6. The largest absolute Gasteiger partial charge is 0.392 e. The number of nitrogens with one attached hydrogen (secondary N) is 1. The summed E-state index contributed by atoms with van der Waals surface area (Å²) in [6.07, 6.45) is 5.30. The Balaban J connectivity index is 1.70. The molecular formula is C14H13N3OS2. The first kappa shape index (κ1) is 13.2. The lowest BCUT2D eigenvalue weighted by molar-refractivity contribution is 0.282. The van der Waals surface area contributed by atoms with Crippen molar-refractivity contribution in [1.29, 1.82) is 0 Å². The first-order valence-corrected chi connectivity index (χ1v) is 7.82. The number of thiophene rings is 1. The van der Waals surface area contributed by atoms with E-state index >= 15 is 0 Å². The van der Waals surface area contributed by atoms with Crippen LogP contribution in [0.5, 0.6) is 0 Å². The van der Waals surface area contributed by atoms with Crippen LogP contribution in [-0.4, -0.2) is 15.1 Å². The maximum Gasteiger partial charge on any atom is 0.133 e. The van der Waals surface area contributed by atoms with Gasteiger partial charge in [0, 0.05) is 22.8 Å². The van der Waals surface area contributed by atoms with Crippen molar-refractivity contribution in [2.45, 2.75) is 13.2 Å². The number of pyridine rings is 1. The number of aliphatic hydroxyl groups excluding tert-OH is 1. The van der Waals surface area contributed by atoms with E-state index in [1.54, 1.807) is 35.1 Å². The van der Waals surface area contributed by atoms with Gasteiger partial charge in [-0.3, -0.25) is 4.98 Å². The van der Waals surface area contributed by atoms with Crippen molar-refractivity contribution < 1.29 is 5.11 Å². The molecule has 0 bridgehead atoms. The Hall–Kier alpha value is -1.76. The highest BCUT2D eigenvalue weighted by molar-refractivity contribution is 7.20. The molecule has 0 aliphatic heterocycles. The average Bonchev–Trinajstić information content (AvgIpc) is 3.16. The molecule has 102 valence electrons. The van der Waals surface area contributed by atoms with Gasteiger partial charge in [0.25, 0.3) is 0 Å².